The largest absolute Gasteiger partial charge is 0.469 e. The zero-order valence-electron chi connectivity index (χ0n) is 13.7. The number of hydrogen-bond donors (Lipinski definition) is 0. The van der Waals surface area contributed by atoms with E-state index in [9.17, 15) is 4.79 Å². The van der Waals surface area contributed by atoms with Crippen LogP contribution in [-0.2, 0) is 23.0 Å². The first-order valence-electron chi connectivity index (χ1n) is 7.39. The lowest BCUT2D eigenvalue weighted by Crippen LogP contribution is -2.08. The first kappa shape index (κ1) is 16.3. The normalized spacial score (nSPS) is 10.8. The summed E-state index contributed by atoms with van der Waals surface area (Å²) in [6.45, 7) is 1.88. The summed E-state index contributed by atoms with van der Waals surface area (Å²) >= 11 is 6.00. The van der Waals surface area contributed by atoms with E-state index in [2.05, 4.69) is 10.1 Å². The molecule has 0 spiro atoms. The quantitative estimate of drug-likeness (QED) is 0.683. The van der Waals surface area contributed by atoms with Gasteiger partial charge in [0.1, 0.15) is 0 Å². The third-order valence-corrected chi connectivity index (χ3v) is 4.11. The van der Waals surface area contributed by atoms with Crippen molar-refractivity contribution in [2.45, 2.75) is 13.3 Å². The third-order valence-electron chi connectivity index (χ3n) is 3.86. The van der Waals surface area contributed by atoms with Crippen molar-refractivity contribution in [1.29, 1.82) is 0 Å². The summed E-state index contributed by atoms with van der Waals surface area (Å²) in [6.07, 6.45) is 3.59. The van der Waals surface area contributed by atoms with Crippen LogP contribution >= 0.6 is 11.6 Å². The highest BCUT2D eigenvalue weighted by atomic mass is 35.5. The molecule has 6 nitrogen and oxygen atoms in total. The molecule has 124 valence electrons. The molecule has 24 heavy (non-hydrogen) atoms. The van der Waals surface area contributed by atoms with Crippen molar-refractivity contribution in [3.05, 3.63) is 53.1 Å². The highest BCUT2D eigenvalue weighted by molar-refractivity contribution is 6.30. The van der Waals surface area contributed by atoms with E-state index < -0.39 is 0 Å². The van der Waals surface area contributed by atoms with Gasteiger partial charge >= 0.3 is 5.97 Å². The van der Waals surface area contributed by atoms with Gasteiger partial charge in [-0.3, -0.25) is 4.79 Å². The third kappa shape index (κ3) is 2.92. The Bertz CT molecular complexity index is 881. The Labute approximate surface area is 144 Å². The lowest BCUT2D eigenvalue weighted by molar-refractivity contribution is -0.139. The number of nitrogens with zero attached hydrogens (tertiary/aromatic N) is 4. The molecule has 0 aliphatic heterocycles. The van der Waals surface area contributed by atoms with E-state index in [1.807, 2.05) is 42.8 Å². The predicted molar refractivity (Wildman–Crippen MR) is 91.2 cm³/mol. The van der Waals surface area contributed by atoms with Crippen molar-refractivity contribution >= 4 is 17.6 Å². The van der Waals surface area contributed by atoms with Gasteiger partial charge in [0.15, 0.2) is 5.82 Å². The summed E-state index contributed by atoms with van der Waals surface area (Å²) < 4.78 is 8.49. The van der Waals surface area contributed by atoms with Gasteiger partial charge in [-0.05, 0) is 19.1 Å². The Morgan fingerprint density at radius 3 is 2.58 bits per heavy atom. The molecule has 0 amide bonds. The van der Waals surface area contributed by atoms with E-state index in [-0.39, 0.29) is 12.4 Å². The maximum atomic E-state index is 11.8. The van der Waals surface area contributed by atoms with Crippen LogP contribution in [0.3, 0.4) is 0 Å². The SMILES string of the molecule is COC(=O)Cc1c(C)nn(-c2cncn2C)c1-c1ccc(Cl)cc1. The Morgan fingerprint density at radius 2 is 2.00 bits per heavy atom. The molecular formula is C17H17ClN4O2. The first-order valence-corrected chi connectivity index (χ1v) is 7.77. The van der Waals surface area contributed by atoms with Crippen LogP contribution in [0, 0.1) is 6.92 Å². The highest BCUT2D eigenvalue weighted by Crippen LogP contribution is 2.30. The van der Waals surface area contributed by atoms with E-state index >= 15 is 0 Å². The van der Waals surface area contributed by atoms with Gasteiger partial charge in [-0.15, -0.1) is 0 Å². The molecule has 0 unspecified atom stereocenters. The number of aromatic nitrogens is 4. The topological polar surface area (TPSA) is 61.9 Å². The van der Waals surface area contributed by atoms with Crippen LogP contribution in [-0.4, -0.2) is 32.4 Å². The summed E-state index contributed by atoms with van der Waals surface area (Å²) in [5.74, 6) is 0.497. The van der Waals surface area contributed by atoms with Crippen molar-refractivity contribution in [1.82, 2.24) is 19.3 Å². The van der Waals surface area contributed by atoms with Crippen molar-refractivity contribution in [2.24, 2.45) is 7.05 Å². The number of carbonyl (C=O) groups excluding carboxylic acids is 1. The Balaban J connectivity index is 2.23. The molecule has 3 rings (SSSR count). The number of aryl methyl sites for hydroxylation is 2. The van der Waals surface area contributed by atoms with E-state index in [1.54, 1.807) is 17.2 Å². The van der Waals surface area contributed by atoms with Crippen molar-refractivity contribution in [3.8, 4) is 17.1 Å². The second kappa shape index (κ2) is 6.49. The van der Waals surface area contributed by atoms with Gasteiger partial charge in [0.05, 0.1) is 37.4 Å². The van der Waals surface area contributed by atoms with Gasteiger partial charge in [-0.1, -0.05) is 23.7 Å². The molecule has 0 saturated heterocycles. The van der Waals surface area contributed by atoms with Crippen LogP contribution in [0.4, 0.5) is 0 Å². The number of methoxy groups -OCH3 is 1. The fourth-order valence-corrected chi connectivity index (χ4v) is 2.74. The Hall–Kier alpha value is -2.60. The lowest BCUT2D eigenvalue weighted by atomic mass is 10.0. The summed E-state index contributed by atoms with van der Waals surface area (Å²) in [5.41, 5.74) is 3.34. The fraction of sp³-hybridized carbons (Fsp3) is 0.235. The number of ether oxygens (including phenoxy) is 1. The number of carbonyl (C=O) groups is 1. The molecule has 3 aromatic rings. The Kier molecular flexibility index (Phi) is 4.40. The van der Waals surface area contributed by atoms with Crippen LogP contribution in [0.15, 0.2) is 36.8 Å². The predicted octanol–water partition coefficient (Wildman–Crippen LogP) is 2.95. The van der Waals surface area contributed by atoms with Gasteiger partial charge < -0.3 is 9.30 Å². The average molecular weight is 345 g/mol. The van der Waals surface area contributed by atoms with Crippen LogP contribution in [0.1, 0.15) is 11.3 Å². The zero-order chi connectivity index (χ0) is 17.3. The van der Waals surface area contributed by atoms with Crippen LogP contribution < -0.4 is 0 Å². The highest BCUT2D eigenvalue weighted by Gasteiger charge is 2.21. The minimum atomic E-state index is -0.308. The second-order valence-corrected chi connectivity index (χ2v) is 5.88. The van der Waals surface area contributed by atoms with Crippen molar-refractivity contribution in [2.75, 3.05) is 7.11 Å². The number of benzene rings is 1. The molecule has 0 radical (unpaired) electrons. The van der Waals surface area contributed by atoms with E-state index in [0.29, 0.717) is 5.02 Å². The molecule has 7 heteroatoms. The minimum Gasteiger partial charge on any atom is -0.469 e. The summed E-state index contributed by atoms with van der Waals surface area (Å²) in [6, 6.07) is 7.45. The summed E-state index contributed by atoms with van der Waals surface area (Å²) in [4.78, 5) is 16.0. The smallest absolute Gasteiger partial charge is 0.310 e. The molecule has 0 bridgehead atoms. The number of rotatable bonds is 4. The molecule has 0 atom stereocenters. The number of esters is 1. The summed E-state index contributed by atoms with van der Waals surface area (Å²) in [7, 11) is 3.27. The molecule has 2 heterocycles. The van der Waals surface area contributed by atoms with Gasteiger partial charge in [0, 0.05) is 23.2 Å². The molecule has 0 aliphatic carbocycles. The average Bonchev–Trinajstić information content (AvgIpc) is 3.12. The minimum absolute atomic E-state index is 0.151. The maximum Gasteiger partial charge on any atom is 0.310 e. The standard InChI is InChI=1S/C17H17ClN4O2/c1-11-14(8-16(23)24-3)17(12-4-6-13(18)7-5-12)22(20-11)15-9-19-10-21(15)2/h4-7,9-10H,8H2,1-3H3. The van der Waals surface area contributed by atoms with Crippen LogP contribution in [0.2, 0.25) is 5.02 Å². The van der Waals surface area contributed by atoms with Gasteiger partial charge in [0.25, 0.3) is 0 Å². The first-order chi connectivity index (χ1) is 11.5. The van der Waals surface area contributed by atoms with E-state index in [0.717, 1.165) is 28.3 Å². The zero-order valence-corrected chi connectivity index (χ0v) is 14.4. The number of imidazole rings is 1. The van der Waals surface area contributed by atoms with Gasteiger partial charge in [0.2, 0.25) is 0 Å². The molecule has 0 fully saturated rings. The Morgan fingerprint density at radius 1 is 1.29 bits per heavy atom. The fourth-order valence-electron chi connectivity index (χ4n) is 2.61. The van der Waals surface area contributed by atoms with E-state index in [4.69, 9.17) is 16.3 Å². The number of halogens is 1. The molecule has 0 aliphatic rings. The van der Waals surface area contributed by atoms with Gasteiger partial charge in [-0.2, -0.15) is 5.10 Å². The molecule has 1 aromatic carbocycles. The van der Waals surface area contributed by atoms with Crippen LogP contribution in [0.5, 0.6) is 0 Å². The molecular weight excluding hydrogens is 328 g/mol. The monoisotopic (exact) mass is 344 g/mol. The molecule has 0 saturated carbocycles. The van der Waals surface area contributed by atoms with Crippen molar-refractivity contribution in [3.63, 3.8) is 0 Å². The lowest BCUT2D eigenvalue weighted by Gasteiger charge is -2.10. The second-order valence-electron chi connectivity index (χ2n) is 5.45. The van der Waals surface area contributed by atoms with Crippen molar-refractivity contribution < 1.29 is 9.53 Å². The molecule has 0 N–H and O–H groups in total. The van der Waals surface area contributed by atoms with E-state index in [1.165, 1.54) is 7.11 Å². The number of hydrogen-bond acceptors (Lipinski definition) is 4. The molecule has 2 aromatic heterocycles. The maximum absolute atomic E-state index is 11.8. The van der Waals surface area contributed by atoms with Crippen LogP contribution in [0.25, 0.3) is 17.1 Å². The summed E-state index contributed by atoms with van der Waals surface area (Å²) in [5, 5.41) is 5.26. The van der Waals surface area contributed by atoms with Gasteiger partial charge in [-0.25, -0.2) is 9.67 Å².